The summed E-state index contributed by atoms with van der Waals surface area (Å²) in [5.41, 5.74) is 1.03. The zero-order valence-electron chi connectivity index (χ0n) is 10.2. The van der Waals surface area contributed by atoms with Gasteiger partial charge in [-0.15, -0.1) is 0 Å². The summed E-state index contributed by atoms with van der Waals surface area (Å²) >= 11 is 6.05. The number of aromatic nitrogens is 3. The number of rotatable bonds is 2. The number of pyridine rings is 1. The van der Waals surface area contributed by atoms with Crippen LogP contribution >= 0.6 is 11.6 Å². The van der Waals surface area contributed by atoms with Crippen molar-refractivity contribution in [3.63, 3.8) is 0 Å². The fourth-order valence-electron chi connectivity index (χ4n) is 2.42. The van der Waals surface area contributed by atoms with Crippen molar-refractivity contribution in [2.24, 2.45) is 0 Å². The van der Waals surface area contributed by atoms with Gasteiger partial charge in [-0.2, -0.15) is 5.10 Å². The maximum Gasteiger partial charge on any atom is 0.138 e. The molecule has 2 aromatic rings. The molecule has 2 aromatic heterocycles. The Morgan fingerprint density at radius 3 is 2.94 bits per heavy atom. The molecule has 0 aliphatic carbocycles. The Kier molecular flexibility index (Phi) is 3.09. The lowest BCUT2D eigenvalue weighted by atomic mass is 10.1. The summed E-state index contributed by atoms with van der Waals surface area (Å²) in [6.45, 7) is 1.59. The molecule has 0 amide bonds. The summed E-state index contributed by atoms with van der Waals surface area (Å²) in [4.78, 5) is 4.25. The van der Waals surface area contributed by atoms with Crippen molar-refractivity contribution in [1.82, 2.24) is 14.8 Å². The number of hydrogen-bond acceptors (Lipinski definition) is 4. The molecule has 18 heavy (non-hydrogen) atoms. The molecule has 1 aliphatic heterocycles. The van der Waals surface area contributed by atoms with Gasteiger partial charge in [0.05, 0.1) is 23.1 Å². The van der Waals surface area contributed by atoms with E-state index in [1.807, 2.05) is 24.0 Å². The highest BCUT2D eigenvalue weighted by molar-refractivity contribution is 6.30. The highest BCUT2D eigenvalue weighted by Gasteiger charge is 2.19. The number of fused-ring (bicyclic) bond motifs is 1. The Bertz CT molecular complexity index is 562. The molecule has 5 nitrogen and oxygen atoms in total. The quantitative estimate of drug-likeness (QED) is 0.849. The van der Waals surface area contributed by atoms with Gasteiger partial charge in [-0.05, 0) is 12.8 Å². The average molecular weight is 267 g/mol. The van der Waals surface area contributed by atoms with Crippen molar-refractivity contribution in [1.29, 1.82) is 0 Å². The first kappa shape index (κ1) is 11.7. The van der Waals surface area contributed by atoms with Gasteiger partial charge in [-0.25, -0.2) is 4.98 Å². The number of nitrogens with one attached hydrogen (secondary N) is 1. The molecule has 0 radical (unpaired) electrons. The fraction of sp³-hybridized carbons (Fsp3) is 0.500. The predicted octanol–water partition coefficient (Wildman–Crippen LogP) is 2.48. The van der Waals surface area contributed by atoms with Gasteiger partial charge < -0.3 is 10.1 Å². The minimum Gasteiger partial charge on any atom is -0.381 e. The van der Waals surface area contributed by atoms with E-state index in [4.69, 9.17) is 16.3 Å². The fourth-order valence-corrected chi connectivity index (χ4v) is 2.61. The van der Waals surface area contributed by atoms with Crippen LogP contribution in [0.1, 0.15) is 18.9 Å². The van der Waals surface area contributed by atoms with E-state index in [1.165, 1.54) is 0 Å². The Hall–Kier alpha value is -1.33. The molecular formula is C12H15ClN4O. The summed E-state index contributed by atoms with van der Waals surface area (Å²) in [5.74, 6) is 0.774. The van der Waals surface area contributed by atoms with Crippen LogP contribution in [0.2, 0.25) is 5.15 Å². The van der Waals surface area contributed by atoms with E-state index < -0.39 is 0 Å². The van der Waals surface area contributed by atoms with E-state index in [0.717, 1.165) is 42.8 Å². The van der Waals surface area contributed by atoms with Crippen molar-refractivity contribution in [3.05, 3.63) is 17.4 Å². The zero-order valence-corrected chi connectivity index (χ0v) is 10.9. The monoisotopic (exact) mass is 266 g/mol. The van der Waals surface area contributed by atoms with Crippen molar-refractivity contribution in [2.75, 3.05) is 25.6 Å². The molecule has 0 saturated carbocycles. The highest BCUT2D eigenvalue weighted by Crippen LogP contribution is 2.29. The molecule has 96 valence electrons. The standard InChI is InChI=1S/C12H15ClN4O/c1-14-12-9-7-15-17(8-2-4-18-5-3-8)10(9)6-11(13)16-12/h6-8H,2-5H2,1H3,(H,14,16). The molecule has 0 unspecified atom stereocenters. The Balaban J connectivity index is 2.10. The van der Waals surface area contributed by atoms with Crippen LogP contribution in [0, 0.1) is 0 Å². The molecule has 6 heteroatoms. The first-order chi connectivity index (χ1) is 8.79. The lowest BCUT2D eigenvalue weighted by Gasteiger charge is -2.23. The van der Waals surface area contributed by atoms with Crippen LogP contribution in [-0.4, -0.2) is 35.0 Å². The van der Waals surface area contributed by atoms with Crippen molar-refractivity contribution in [3.8, 4) is 0 Å². The third-order valence-electron chi connectivity index (χ3n) is 3.34. The van der Waals surface area contributed by atoms with E-state index in [1.54, 1.807) is 0 Å². The largest absolute Gasteiger partial charge is 0.381 e. The normalized spacial score (nSPS) is 17.2. The van der Waals surface area contributed by atoms with Gasteiger partial charge in [-0.3, -0.25) is 4.68 Å². The topological polar surface area (TPSA) is 52.0 Å². The summed E-state index contributed by atoms with van der Waals surface area (Å²) in [6, 6.07) is 2.26. The summed E-state index contributed by atoms with van der Waals surface area (Å²) < 4.78 is 7.43. The third-order valence-corrected chi connectivity index (χ3v) is 3.53. The number of halogens is 1. The van der Waals surface area contributed by atoms with Gasteiger partial charge in [0.1, 0.15) is 11.0 Å². The maximum absolute atomic E-state index is 6.05. The number of nitrogens with zero attached hydrogens (tertiary/aromatic N) is 3. The molecule has 0 spiro atoms. The summed E-state index contributed by atoms with van der Waals surface area (Å²) in [6.07, 6.45) is 3.83. The molecule has 3 rings (SSSR count). The van der Waals surface area contributed by atoms with E-state index in [0.29, 0.717) is 11.2 Å². The third kappa shape index (κ3) is 1.93. The van der Waals surface area contributed by atoms with Crippen LogP contribution < -0.4 is 5.32 Å². The first-order valence-corrected chi connectivity index (χ1v) is 6.46. The van der Waals surface area contributed by atoms with Crippen LogP contribution in [-0.2, 0) is 4.74 Å². The van der Waals surface area contributed by atoms with Gasteiger partial charge in [0.2, 0.25) is 0 Å². The molecule has 3 heterocycles. The summed E-state index contributed by atoms with van der Waals surface area (Å²) in [7, 11) is 1.84. The Morgan fingerprint density at radius 2 is 2.22 bits per heavy atom. The van der Waals surface area contributed by atoms with Gasteiger partial charge >= 0.3 is 0 Å². The smallest absolute Gasteiger partial charge is 0.138 e. The first-order valence-electron chi connectivity index (χ1n) is 6.09. The van der Waals surface area contributed by atoms with Crippen LogP contribution in [0.5, 0.6) is 0 Å². The maximum atomic E-state index is 6.05. The Labute approximate surface area is 110 Å². The minimum atomic E-state index is 0.388. The van der Waals surface area contributed by atoms with Crippen LogP contribution in [0.25, 0.3) is 10.9 Å². The lowest BCUT2D eigenvalue weighted by molar-refractivity contribution is 0.0675. The van der Waals surface area contributed by atoms with Crippen LogP contribution in [0.3, 0.4) is 0 Å². The molecule has 1 aliphatic rings. The van der Waals surface area contributed by atoms with Crippen molar-refractivity contribution in [2.45, 2.75) is 18.9 Å². The SMILES string of the molecule is CNc1nc(Cl)cc2c1cnn2C1CCOCC1. The Morgan fingerprint density at radius 1 is 1.44 bits per heavy atom. The molecule has 1 N–H and O–H groups in total. The average Bonchev–Trinajstić information content (AvgIpc) is 2.82. The lowest BCUT2D eigenvalue weighted by Crippen LogP contribution is -2.20. The highest BCUT2D eigenvalue weighted by atomic mass is 35.5. The van der Waals surface area contributed by atoms with Gasteiger partial charge in [0.15, 0.2) is 0 Å². The second-order valence-corrected chi connectivity index (χ2v) is 4.80. The van der Waals surface area contributed by atoms with E-state index in [-0.39, 0.29) is 0 Å². The zero-order chi connectivity index (χ0) is 12.5. The number of anilines is 1. The second-order valence-electron chi connectivity index (χ2n) is 4.41. The van der Waals surface area contributed by atoms with E-state index in [9.17, 15) is 0 Å². The van der Waals surface area contributed by atoms with E-state index in [2.05, 4.69) is 15.4 Å². The van der Waals surface area contributed by atoms with Gasteiger partial charge in [0.25, 0.3) is 0 Å². The molecular weight excluding hydrogens is 252 g/mol. The minimum absolute atomic E-state index is 0.388. The molecule has 1 fully saturated rings. The van der Waals surface area contributed by atoms with Crippen LogP contribution in [0.4, 0.5) is 5.82 Å². The summed E-state index contributed by atoms with van der Waals surface area (Å²) in [5, 5.41) is 9.04. The van der Waals surface area contributed by atoms with Gasteiger partial charge in [0, 0.05) is 26.3 Å². The van der Waals surface area contributed by atoms with Crippen molar-refractivity contribution < 1.29 is 4.74 Å². The predicted molar refractivity (Wildman–Crippen MR) is 71.2 cm³/mol. The number of hydrogen-bond donors (Lipinski definition) is 1. The van der Waals surface area contributed by atoms with E-state index >= 15 is 0 Å². The molecule has 0 bridgehead atoms. The number of ether oxygens (including phenoxy) is 1. The van der Waals surface area contributed by atoms with Gasteiger partial charge in [-0.1, -0.05) is 11.6 Å². The molecule has 0 atom stereocenters. The molecule has 1 saturated heterocycles. The van der Waals surface area contributed by atoms with Crippen LogP contribution in [0.15, 0.2) is 12.3 Å². The van der Waals surface area contributed by atoms with Crippen molar-refractivity contribution >= 4 is 28.3 Å². The second kappa shape index (κ2) is 4.74. The molecule has 0 aromatic carbocycles.